The molecule has 0 aliphatic carbocycles. The van der Waals surface area contributed by atoms with Crippen LogP contribution in [0.15, 0.2) is 18.2 Å². The highest BCUT2D eigenvalue weighted by Crippen LogP contribution is 2.27. The second-order valence-corrected chi connectivity index (χ2v) is 3.79. The molecule has 0 saturated carbocycles. The minimum Gasteiger partial charge on any atom is -0.506 e. The molecule has 98 valence electrons. The van der Waals surface area contributed by atoms with E-state index in [1.807, 2.05) is 0 Å². The minimum absolute atomic E-state index is 0.0702. The number of carbonyl (C=O) groups excluding carboxylic acids is 2. The Kier molecular flexibility index (Phi) is 4.53. The zero-order chi connectivity index (χ0) is 13.7. The number of amides is 2. The summed E-state index contributed by atoms with van der Waals surface area (Å²) in [4.78, 5) is 22.5. The Balaban J connectivity index is 2.77. The fourth-order valence-corrected chi connectivity index (χ4v) is 1.35. The number of methoxy groups -OCH3 is 1. The molecule has 6 heteroatoms. The molecule has 0 saturated heterocycles. The van der Waals surface area contributed by atoms with E-state index in [-0.39, 0.29) is 17.3 Å². The Hall–Kier alpha value is -2.24. The summed E-state index contributed by atoms with van der Waals surface area (Å²) in [7, 11) is 1.48. The topological polar surface area (TPSA) is 87.7 Å². The number of phenols is 1. The number of anilines is 1. The zero-order valence-corrected chi connectivity index (χ0v) is 10.5. The standard InChI is InChI=1S/C12H16N2O4/c1-7(13-8(2)15)12(17)14-10-6-9(18-3)4-5-11(10)16/h4-7,16H,1-3H3,(H,13,15)(H,14,17). The van der Waals surface area contributed by atoms with Gasteiger partial charge in [-0.1, -0.05) is 0 Å². The molecule has 0 aliphatic rings. The zero-order valence-electron chi connectivity index (χ0n) is 10.5. The first kappa shape index (κ1) is 13.8. The van der Waals surface area contributed by atoms with E-state index >= 15 is 0 Å². The number of nitrogens with one attached hydrogen (secondary N) is 2. The molecule has 1 rings (SSSR count). The maximum Gasteiger partial charge on any atom is 0.246 e. The molecule has 0 spiro atoms. The third-order valence-electron chi connectivity index (χ3n) is 2.27. The van der Waals surface area contributed by atoms with E-state index in [9.17, 15) is 14.7 Å². The van der Waals surface area contributed by atoms with Gasteiger partial charge in [0, 0.05) is 13.0 Å². The normalized spacial score (nSPS) is 11.5. The molecule has 0 radical (unpaired) electrons. The van der Waals surface area contributed by atoms with Gasteiger partial charge in [0.1, 0.15) is 17.5 Å². The molecule has 0 bridgehead atoms. The average Bonchev–Trinajstić information content (AvgIpc) is 2.31. The van der Waals surface area contributed by atoms with Crippen molar-refractivity contribution in [2.75, 3.05) is 12.4 Å². The molecule has 1 atom stereocenters. The Bertz CT molecular complexity index is 459. The van der Waals surface area contributed by atoms with Gasteiger partial charge in [-0.05, 0) is 19.1 Å². The van der Waals surface area contributed by atoms with Crippen LogP contribution in [0.4, 0.5) is 5.69 Å². The molecule has 0 aliphatic heterocycles. The number of carbonyl (C=O) groups is 2. The SMILES string of the molecule is COc1ccc(O)c(NC(=O)C(C)NC(C)=O)c1. The van der Waals surface area contributed by atoms with E-state index in [4.69, 9.17) is 4.74 Å². The molecule has 1 aromatic carbocycles. The Morgan fingerprint density at radius 2 is 2.06 bits per heavy atom. The number of aromatic hydroxyl groups is 1. The highest BCUT2D eigenvalue weighted by atomic mass is 16.5. The number of benzene rings is 1. The van der Waals surface area contributed by atoms with Crippen LogP contribution in [0.1, 0.15) is 13.8 Å². The van der Waals surface area contributed by atoms with Gasteiger partial charge >= 0.3 is 0 Å². The van der Waals surface area contributed by atoms with Crippen molar-refractivity contribution < 1.29 is 19.4 Å². The van der Waals surface area contributed by atoms with E-state index in [1.165, 1.54) is 26.2 Å². The van der Waals surface area contributed by atoms with Gasteiger partial charge < -0.3 is 20.5 Å². The number of hydrogen-bond acceptors (Lipinski definition) is 4. The summed E-state index contributed by atoms with van der Waals surface area (Å²) in [6, 6.07) is 3.79. The first-order valence-corrected chi connectivity index (χ1v) is 5.39. The van der Waals surface area contributed by atoms with E-state index in [0.717, 1.165) is 0 Å². The van der Waals surface area contributed by atoms with Gasteiger partial charge in [0.05, 0.1) is 12.8 Å². The minimum atomic E-state index is -0.687. The van der Waals surface area contributed by atoms with Crippen molar-refractivity contribution in [1.82, 2.24) is 5.32 Å². The maximum absolute atomic E-state index is 11.7. The van der Waals surface area contributed by atoms with Gasteiger partial charge in [-0.3, -0.25) is 9.59 Å². The summed E-state index contributed by atoms with van der Waals surface area (Å²) in [6.07, 6.45) is 0. The largest absolute Gasteiger partial charge is 0.506 e. The van der Waals surface area contributed by atoms with Crippen LogP contribution in [0.3, 0.4) is 0 Å². The van der Waals surface area contributed by atoms with E-state index in [0.29, 0.717) is 5.75 Å². The van der Waals surface area contributed by atoms with Crippen LogP contribution in [0.25, 0.3) is 0 Å². The van der Waals surface area contributed by atoms with Crippen molar-refractivity contribution in [1.29, 1.82) is 0 Å². The quantitative estimate of drug-likeness (QED) is 0.694. The second kappa shape index (κ2) is 5.90. The molecule has 2 amide bonds. The van der Waals surface area contributed by atoms with Crippen LogP contribution in [0, 0.1) is 0 Å². The second-order valence-electron chi connectivity index (χ2n) is 3.79. The van der Waals surface area contributed by atoms with Gasteiger partial charge in [-0.2, -0.15) is 0 Å². The molecule has 1 aromatic rings. The maximum atomic E-state index is 11.7. The molecular formula is C12H16N2O4. The van der Waals surface area contributed by atoms with Gasteiger partial charge in [0.15, 0.2) is 0 Å². The molecule has 3 N–H and O–H groups in total. The van der Waals surface area contributed by atoms with Crippen LogP contribution >= 0.6 is 0 Å². The van der Waals surface area contributed by atoms with Crippen LogP contribution < -0.4 is 15.4 Å². The van der Waals surface area contributed by atoms with Crippen LogP contribution in [-0.4, -0.2) is 30.1 Å². The molecule has 1 unspecified atom stereocenters. The first-order valence-electron chi connectivity index (χ1n) is 5.39. The Morgan fingerprint density at radius 3 is 2.61 bits per heavy atom. The summed E-state index contributed by atoms with van der Waals surface area (Å²) in [6.45, 7) is 2.88. The van der Waals surface area contributed by atoms with Crippen LogP contribution in [0.5, 0.6) is 11.5 Å². The van der Waals surface area contributed by atoms with Gasteiger partial charge in [-0.25, -0.2) is 0 Å². The van der Waals surface area contributed by atoms with Crippen LogP contribution in [0.2, 0.25) is 0 Å². The Labute approximate surface area is 105 Å². The number of phenolic OH excluding ortho intramolecular Hbond substituents is 1. The average molecular weight is 252 g/mol. The summed E-state index contributed by atoms with van der Waals surface area (Å²) in [5.74, 6) is -0.282. The monoisotopic (exact) mass is 252 g/mol. The molecule has 0 aromatic heterocycles. The third-order valence-corrected chi connectivity index (χ3v) is 2.27. The fourth-order valence-electron chi connectivity index (χ4n) is 1.35. The summed E-state index contributed by atoms with van der Waals surface area (Å²) < 4.78 is 4.98. The van der Waals surface area contributed by atoms with Gasteiger partial charge in [0.2, 0.25) is 11.8 Å². The molecule has 6 nitrogen and oxygen atoms in total. The molecular weight excluding hydrogens is 236 g/mol. The highest BCUT2D eigenvalue weighted by molar-refractivity contribution is 5.97. The lowest BCUT2D eigenvalue weighted by Gasteiger charge is -2.14. The third kappa shape index (κ3) is 3.65. The predicted octanol–water partition coefficient (Wildman–Crippen LogP) is 0.864. The highest BCUT2D eigenvalue weighted by Gasteiger charge is 2.15. The van der Waals surface area contributed by atoms with Crippen molar-refractivity contribution >= 4 is 17.5 Å². The van der Waals surface area contributed by atoms with Crippen molar-refractivity contribution in [2.24, 2.45) is 0 Å². The van der Waals surface area contributed by atoms with Gasteiger partial charge in [-0.15, -0.1) is 0 Å². The number of rotatable bonds is 4. The van der Waals surface area contributed by atoms with Crippen molar-refractivity contribution in [3.63, 3.8) is 0 Å². The smallest absolute Gasteiger partial charge is 0.246 e. The van der Waals surface area contributed by atoms with Crippen LogP contribution in [-0.2, 0) is 9.59 Å². The molecule has 0 fully saturated rings. The number of hydrogen-bond donors (Lipinski definition) is 3. The predicted molar refractivity (Wildman–Crippen MR) is 66.6 cm³/mol. The van der Waals surface area contributed by atoms with E-state index in [2.05, 4.69) is 10.6 Å². The van der Waals surface area contributed by atoms with E-state index < -0.39 is 11.9 Å². The van der Waals surface area contributed by atoms with Crippen molar-refractivity contribution in [3.8, 4) is 11.5 Å². The molecule has 18 heavy (non-hydrogen) atoms. The summed E-state index contributed by atoms with van der Waals surface area (Å²) in [5.41, 5.74) is 0.233. The first-order chi connectivity index (χ1) is 8.43. The summed E-state index contributed by atoms with van der Waals surface area (Å²) >= 11 is 0. The number of ether oxygens (including phenoxy) is 1. The van der Waals surface area contributed by atoms with E-state index in [1.54, 1.807) is 13.0 Å². The van der Waals surface area contributed by atoms with Crippen molar-refractivity contribution in [3.05, 3.63) is 18.2 Å². The molecule has 0 heterocycles. The fraction of sp³-hybridized carbons (Fsp3) is 0.333. The summed E-state index contributed by atoms with van der Waals surface area (Å²) in [5, 5.41) is 14.5. The lowest BCUT2D eigenvalue weighted by molar-refractivity contribution is -0.124. The van der Waals surface area contributed by atoms with Crippen molar-refractivity contribution in [2.45, 2.75) is 19.9 Å². The lowest BCUT2D eigenvalue weighted by Crippen LogP contribution is -2.40. The van der Waals surface area contributed by atoms with Gasteiger partial charge in [0.25, 0.3) is 0 Å². The lowest BCUT2D eigenvalue weighted by atomic mass is 10.2. The Morgan fingerprint density at radius 1 is 1.39 bits per heavy atom.